The second-order valence-electron chi connectivity index (χ2n) is 5.95. The van der Waals surface area contributed by atoms with Gasteiger partial charge in [-0.3, -0.25) is 9.59 Å². The number of benzene rings is 1. The van der Waals surface area contributed by atoms with Crippen molar-refractivity contribution in [2.75, 3.05) is 6.61 Å². The molecule has 138 valence electrons. The molecule has 1 aromatic carbocycles. The third-order valence-corrected chi connectivity index (χ3v) is 3.85. The van der Waals surface area contributed by atoms with Crippen LogP contribution in [0, 0.1) is 0 Å². The van der Waals surface area contributed by atoms with E-state index >= 15 is 0 Å². The number of hydrogen-bond acceptors (Lipinski definition) is 5. The van der Waals surface area contributed by atoms with Gasteiger partial charge < -0.3 is 15.0 Å². The number of aromatic nitrogens is 3. The molecule has 1 atom stereocenters. The highest BCUT2D eigenvalue weighted by Crippen LogP contribution is 2.19. The van der Waals surface area contributed by atoms with Crippen molar-refractivity contribution in [2.24, 2.45) is 0 Å². The lowest BCUT2D eigenvalue weighted by Gasteiger charge is -2.10. The van der Waals surface area contributed by atoms with Crippen LogP contribution in [0.5, 0.6) is 5.75 Å². The number of aromatic amines is 1. The summed E-state index contributed by atoms with van der Waals surface area (Å²) >= 11 is 0. The van der Waals surface area contributed by atoms with E-state index in [0.717, 1.165) is 6.42 Å². The van der Waals surface area contributed by atoms with Gasteiger partial charge in [-0.2, -0.15) is 0 Å². The van der Waals surface area contributed by atoms with Crippen molar-refractivity contribution >= 4 is 5.91 Å². The molecule has 0 aliphatic rings. The molecule has 0 unspecified atom stereocenters. The summed E-state index contributed by atoms with van der Waals surface area (Å²) in [6.45, 7) is 7.93. The Bertz CT molecular complexity index is 816. The molecule has 7 nitrogen and oxygen atoms in total. The number of nitrogens with zero attached hydrogens (tertiary/aromatic N) is 2. The van der Waals surface area contributed by atoms with E-state index in [0.29, 0.717) is 23.7 Å². The van der Waals surface area contributed by atoms with Gasteiger partial charge in [0.25, 0.3) is 5.56 Å². The zero-order chi connectivity index (χ0) is 18.9. The van der Waals surface area contributed by atoms with Gasteiger partial charge in [-0.25, -0.2) is 0 Å². The molecular formula is C19H24N4O3. The van der Waals surface area contributed by atoms with Gasteiger partial charge in [0.2, 0.25) is 5.91 Å². The minimum atomic E-state index is -0.344. The molecule has 26 heavy (non-hydrogen) atoms. The molecule has 0 aliphatic heterocycles. The van der Waals surface area contributed by atoms with Crippen LogP contribution < -0.4 is 15.6 Å². The number of aryl methyl sites for hydroxylation is 1. The zero-order valence-electron chi connectivity index (χ0n) is 15.1. The molecule has 1 aromatic heterocycles. The lowest BCUT2D eigenvalue weighted by Crippen LogP contribution is -2.32. The van der Waals surface area contributed by atoms with Crippen LogP contribution in [0.3, 0.4) is 0 Å². The summed E-state index contributed by atoms with van der Waals surface area (Å²) in [5, 5.41) is 10.9. The van der Waals surface area contributed by atoms with Gasteiger partial charge in [-0.1, -0.05) is 31.7 Å². The average Bonchev–Trinajstić information content (AvgIpc) is 2.65. The summed E-state index contributed by atoms with van der Waals surface area (Å²) in [5.74, 6) is 0.902. The molecule has 0 saturated heterocycles. The fourth-order valence-electron chi connectivity index (χ4n) is 2.22. The van der Waals surface area contributed by atoms with E-state index in [-0.39, 0.29) is 36.0 Å². The Balaban J connectivity index is 2.06. The van der Waals surface area contributed by atoms with Crippen molar-refractivity contribution in [1.82, 2.24) is 20.5 Å². The van der Waals surface area contributed by atoms with Crippen LogP contribution in [0.15, 0.2) is 41.7 Å². The van der Waals surface area contributed by atoms with Crippen molar-refractivity contribution < 1.29 is 9.53 Å². The smallest absolute Gasteiger partial charge is 0.273 e. The molecule has 2 rings (SSSR count). The van der Waals surface area contributed by atoms with Crippen LogP contribution in [-0.2, 0) is 11.2 Å². The number of rotatable bonds is 9. The number of H-pyrrole nitrogens is 1. The first-order chi connectivity index (χ1) is 12.5. The van der Waals surface area contributed by atoms with Crippen LogP contribution in [0.4, 0.5) is 0 Å². The van der Waals surface area contributed by atoms with Crippen LogP contribution >= 0.6 is 0 Å². The maximum absolute atomic E-state index is 12.2. The summed E-state index contributed by atoms with van der Waals surface area (Å²) in [5.41, 5.74) is 0.591. The second kappa shape index (κ2) is 9.50. The predicted octanol–water partition coefficient (Wildman–Crippen LogP) is 2.24. The number of ether oxygens (including phenoxy) is 1. The molecule has 0 aliphatic carbocycles. The first kappa shape index (κ1) is 19.4. The van der Waals surface area contributed by atoms with E-state index in [2.05, 4.69) is 27.1 Å². The van der Waals surface area contributed by atoms with E-state index in [1.165, 1.54) is 0 Å². The number of carbonyl (C=O) groups excluding carboxylic acids is 1. The maximum atomic E-state index is 12.2. The first-order valence-electron chi connectivity index (χ1n) is 8.62. The SMILES string of the molecule is C=CCOc1cccc(-c2nnc(CCC(=O)N[C@H](C)CC)c(=O)[nH]2)c1. The summed E-state index contributed by atoms with van der Waals surface area (Å²) in [6.07, 6.45) is 2.96. The largest absolute Gasteiger partial charge is 0.490 e. The molecule has 0 radical (unpaired) electrons. The minimum Gasteiger partial charge on any atom is -0.490 e. The molecule has 2 N–H and O–H groups in total. The minimum absolute atomic E-state index is 0.100. The highest BCUT2D eigenvalue weighted by atomic mass is 16.5. The molecule has 0 bridgehead atoms. The molecule has 7 heteroatoms. The molecule has 1 amide bonds. The van der Waals surface area contributed by atoms with Gasteiger partial charge in [0.1, 0.15) is 18.1 Å². The number of nitrogens with one attached hydrogen (secondary N) is 2. The standard InChI is InChI=1S/C19H24N4O3/c1-4-11-26-15-8-6-7-14(12-15)18-21-19(25)16(22-23-18)9-10-17(24)20-13(3)5-2/h4,6-8,12-13H,1,5,9-11H2,2-3H3,(H,20,24)(H,21,23,25)/t13-/m1/s1. The van der Waals surface area contributed by atoms with Gasteiger partial charge in [-0.15, -0.1) is 10.2 Å². The molecular weight excluding hydrogens is 332 g/mol. The van der Waals surface area contributed by atoms with Crippen LogP contribution in [0.25, 0.3) is 11.4 Å². The van der Waals surface area contributed by atoms with Crippen molar-refractivity contribution in [3.05, 3.63) is 53.0 Å². The molecule has 1 heterocycles. The summed E-state index contributed by atoms with van der Waals surface area (Å²) in [4.78, 5) is 26.8. The number of carbonyl (C=O) groups is 1. The van der Waals surface area contributed by atoms with E-state index in [4.69, 9.17) is 4.74 Å². The van der Waals surface area contributed by atoms with Crippen LogP contribution in [-0.4, -0.2) is 33.7 Å². The highest BCUT2D eigenvalue weighted by Gasteiger charge is 2.11. The monoisotopic (exact) mass is 356 g/mol. The van der Waals surface area contributed by atoms with Gasteiger partial charge >= 0.3 is 0 Å². The van der Waals surface area contributed by atoms with E-state index < -0.39 is 0 Å². The normalized spacial score (nSPS) is 11.6. The van der Waals surface area contributed by atoms with Gasteiger partial charge in [0.15, 0.2) is 5.82 Å². The van der Waals surface area contributed by atoms with Gasteiger partial charge in [0, 0.05) is 24.4 Å². The Morgan fingerprint density at radius 3 is 2.92 bits per heavy atom. The Hall–Kier alpha value is -2.96. The van der Waals surface area contributed by atoms with Gasteiger partial charge in [-0.05, 0) is 25.5 Å². The Labute approximate surface area is 152 Å². The Morgan fingerprint density at radius 2 is 2.23 bits per heavy atom. The summed E-state index contributed by atoms with van der Waals surface area (Å²) in [7, 11) is 0. The van der Waals surface area contributed by atoms with E-state index in [1.54, 1.807) is 24.3 Å². The van der Waals surface area contributed by atoms with Crippen LogP contribution in [0.1, 0.15) is 32.4 Å². The highest BCUT2D eigenvalue weighted by molar-refractivity contribution is 5.76. The lowest BCUT2D eigenvalue weighted by atomic mass is 10.2. The van der Waals surface area contributed by atoms with Crippen molar-refractivity contribution in [3.63, 3.8) is 0 Å². The van der Waals surface area contributed by atoms with E-state index in [1.807, 2.05) is 19.9 Å². The van der Waals surface area contributed by atoms with Gasteiger partial charge in [0.05, 0.1) is 0 Å². The Morgan fingerprint density at radius 1 is 1.42 bits per heavy atom. The lowest BCUT2D eigenvalue weighted by molar-refractivity contribution is -0.121. The van der Waals surface area contributed by atoms with Crippen LogP contribution in [0.2, 0.25) is 0 Å². The second-order valence-corrected chi connectivity index (χ2v) is 5.95. The summed E-state index contributed by atoms with van der Waals surface area (Å²) in [6, 6.07) is 7.30. The summed E-state index contributed by atoms with van der Waals surface area (Å²) < 4.78 is 5.47. The van der Waals surface area contributed by atoms with Crippen molar-refractivity contribution in [3.8, 4) is 17.1 Å². The topological polar surface area (TPSA) is 97.0 Å². The average molecular weight is 356 g/mol. The zero-order valence-corrected chi connectivity index (χ0v) is 15.1. The molecule has 2 aromatic rings. The fourth-order valence-corrected chi connectivity index (χ4v) is 2.22. The molecule has 0 fully saturated rings. The maximum Gasteiger partial charge on any atom is 0.273 e. The quantitative estimate of drug-likeness (QED) is 0.672. The van der Waals surface area contributed by atoms with Crippen molar-refractivity contribution in [1.29, 1.82) is 0 Å². The van der Waals surface area contributed by atoms with E-state index in [9.17, 15) is 9.59 Å². The third-order valence-electron chi connectivity index (χ3n) is 3.85. The fraction of sp³-hybridized carbons (Fsp3) is 0.368. The molecule has 0 spiro atoms. The molecule has 0 saturated carbocycles. The Kier molecular flexibility index (Phi) is 7.08. The first-order valence-corrected chi connectivity index (χ1v) is 8.62. The predicted molar refractivity (Wildman–Crippen MR) is 100.0 cm³/mol. The third kappa shape index (κ3) is 5.54. The van der Waals surface area contributed by atoms with Crippen molar-refractivity contribution in [2.45, 2.75) is 39.2 Å². The number of hydrogen-bond donors (Lipinski definition) is 2. The number of amides is 1.